The Labute approximate surface area is 96.0 Å². The summed E-state index contributed by atoms with van der Waals surface area (Å²) >= 11 is 0. The lowest BCUT2D eigenvalue weighted by molar-refractivity contribution is -0.167. The lowest BCUT2D eigenvalue weighted by Gasteiger charge is -2.11. The Kier molecular flexibility index (Phi) is 3.54. The molecule has 0 fully saturated rings. The highest BCUT2D eigenvalue weighted by Gasteiger charge is 2.40. The molecule has 0 atom stereocenters. The third-order valence-corrected chi connectivity index (χ3v) is 1.82. The zero-order valence-electron chi connectivity index (χ0n) is 8.31. The minimum atomic E-state index is -5.35. The Balaban J connectivity index is 3.26. The van der Waals surface area contributed by atoms with Crippen molar-refractivity contribution in [2.45, 2.75) is 6.18 Å². The summed E-state index contributed by atoms with van der Waals surface area (Å²) in [5, 5.41) is 9.56. The fraction of sp³-hybridized carbons (Fsp3) is 0.111. The molecule has 0 aromatic heterocycles. The minimum absolute atomic E-state index is 0.419. The molecule has 0 bridgehead atoms. The summed E-state index contributed by atoms with van der Waals surface area (Å²) in [6, 6.07) is 0.953. The van der Waals surface area contributed by atoms with Crippen LogP contribution in [0.1, 0.15) is 10.4 Å². The van der Waals surface area contributed by atoms with Crippen LogP contribution in [0.3, 0.4) is 0 Å². The fourth-order valence-corrected chi connectivity index (χ4v) is 1.04. The van der Waals surface area contributed by atoms with Crippen molar-refractivity contribution < 1.29 is 36.6 Å². The van der Waals surface area contributed by atoms with E-state index in [9.17, 15) is 31.5 Å². The molecule has 0 aliphatic heterocycles. The van der Waals surface area contributed by atoms with Gasteiger partial charge in [0.05, 0.1) is 11.3 Å². The number of hydrogen-bond acceptors (Lipinski definition) is 2. The first-order chi connectivity index (χ1) is 8.14. The molecule has 0 aliphatic carbocycles. The Hall–Kier alpha value is -2.19. The predicted octanol–water partition coefficient (Wildman–Crippen LogP) is 2.16. The molecule has 0 radical (unpaired) electrons. The van der Waals surface area contributed by atoms with Gasteiger partial charge in [-0.2, -0.15) is 13.2 Å². The average molecular weight is 269 g/mol. The summed E-state index contributed by atoms with van der Waals surface area (Å²) < 4.78 is 61.7. The zero-order chi connectivity index (χ0) is 14.1. The van der Waals surface area contributed by atoms with Crippen LogP contribution in [-0.4, -0.2) is 23.2 Å². The van der Waals surface area contributed by atoms with Gasteiger partial charge in [0.2, 0.25) is 0 Å². The van der Waals surface area contributed by atoms with Crippen LogP contribution in [0.4, 0.5) is 27.6 Å². The number of carbonyl (C=O) groups is 2. The van der Waals surface area contributed by atoms with Gasteiger partial charge in [-0.05, 0) is 12.1 Å². The van der Waals surface area contributed by atoms with Crippen molar-refractivity contribution in [1.29, 1.82) is 0 Å². The highest BCUT2D eigenvalue weighted by atomic mass is 19.4. The molecule has 1 amide bonds. The summed E-state index contributed by atoms with van der Waals surface area (Å²) in [6.07, 6.45) is -5.35. The number of benzene rings is 1. The molecule has 4 nitrogen and oxygen atoms in total. The molecule has 1 rings (SSSR count). The molecule has 2 N–H and O–H groups in total. The SMILES string of the molecule is O=C(O)c1ccc(F)c(F)c1NC(=O)C(F)(F)F. The number of hydrogen-bond donors (Lipinski definition) is 2. The lowest BCUT2D eigenvalue weighted by atomic mass is 10.1. The van der Waals surface area contributed by atoms with E-state index in [2.05, 4.69) is 0 Å². The van der Waals surface area contributed by atoms with E-state index < -0.39 is 40.9 Å². The van der Waals surface area contributed by atoms with Gasteiger partial charge in [0.25, 0.3) is 0 Å². The smallest absolute Gasteiger partial charge is 0.471 e. The summed E-state index contributed by atoms with van der Waals surface area (Å²) in [4.78, 5) is 21.1. The van der Waals surface area contributed by atoms with Crippen LogP contribution in [0, 0.1) is 11.6 Å². The maximum Gasteiger partial charge on any atom is 0.471 e. The molecule has 0 heterocycles. The summed E-state index contributed by atoms with van der Waals surface area (Å²) in [6.45, 7) is 0. The number of alkyl halides is 3. The second kappa shape index (κ2) is 4.59. The minimum Gasteiger partial charge on any atom is -0.478 e. The molecular formula is C9H4F5NO3. The summed E-state index contributed by atoms with van der Waals surface area (Å²) in [5.41, 5.74) is -2.36. The van der Waals surface area contributed by atoms with Gasteiger partial charge in [0.15, 0.2) is 11.6 Å². The van der Waals surface area contributed by atoms with E-state index in [1.807, 2.05) is 0 Å². The quantitative estimate of drug-likeness (QED) is 0.808. The lowest BCUT2D eigenvalue weighted by Crippen LogP contribution is -2.31. The van der Waals surface area contributed by atoms with Crippen molar-refractivity contribution in [2.75, 3.05) is 5.32 Å². The van der Waals surface area contributed by atoms with Crippen molar-refractivity contribution in [3.63, 3.8) is 0 Å². The molecule has 18 heavy (non-hydrogen) atoms. The van der Waals surface area contributed by atoms with Crippen molar-refractivity contribution >= 4 is 17.6 Å². The van der Waals surface area contributed by atoms with Crippen molar-refractivity contribution in [3.05, 3.63) is 29.3 Å². The van der Waals surface area contributed by atoms with E-state index in [0.717, 1.165) is 5.32 Å². The van der Waals surface area contributed by atoms with Crippen LogP contribution in [0.2, 0.25) is 0 Å². The average Bonchev–Trinajstić information content (AvgIpc) is 2.23. The number of nitrogens with one attached hydrogen (secondary N) is 1. The second-order valence-electron chi connectivity index (χ2n) is 3.04. The van der Waals surface area contributed by atoms with Gasteiger partial charge in [0, 0.05) is 0 Å². The zero-order valence-corrected chi connectivity index (χ0v) is 8.31. The van der Waals surface area contributed by atoms with Gasteiger partial charge in [-0.3, -0.25) is 4.79 Å². The van der Waals surface area contributed by atoms with E-state index in [-0.39, 0.29) is 0 Å². The molecule has 1 aromatic rings. The van der Waals surface area contributed by atoms with Gasteiger partial charge < -0.3 is 10.4 Å². The van der Waals surface area contributed by atoms with Gasteiger partial charge in [-0.25, -0.2) is 13.6 Å². The normalized spacial score (nSPS) is 11.2. The highest BCUT2D eigenvalue weighted by Crippen LogP contribution is 2.25. The molecule has 0 unspecified atom stereocenters. The van der Waals surface area contributed by atoms with Crippen molar-refractivity contribution in [2.24, 2.45) is 0 Å². The van der Waals surface area contributed by atoms with E-state index >= 15 is 0 Å². The third kappa shape index (κ3) is 2.73. The number of amides is 1. The fourth-order valence-electron chi connectivity index (χ4n) is 1.04. The van der Waals surface area contributed by atoms with Gasteiger partial charge >= 0.3 is 18.1 Å². The number of aromatic carboxylic acids is 1. The first kappa shape index (κ1) is 13.9. The number of halogens is 5. The topological polar surface area (TPSA) is 66.4 Å². The van der Waals surface area contributed by atoms with Crippen LogP contribution in [-0.2, 0) is 4.79 Å². The Morgan fingerprint density at radius 2 is 1.72 bits per heavy atom. The Morgan fingerprint density at radius 1 is 1.17 bits per heavy atom. The van der Waals surface area contributed by atoms with E-state index in [1.165, 1.54) is 0 Å². The van der Waals surface area contributed by atoms with Gasteiger partial charge in [-0.15, -0.1) is 0 Å². The van der Waals surface area contributed by atoms with Crippen LogP contribution >= 0.6 is 0 Å². The molecule has 0 aliphatic rings. The maximum atomic E-state index is 13.2. The van der Waals surface area contributed by atoms with Gasteiger partial charge in [-0.1, -0.05) is 0 Å². The number of anilines is 1. The van der Waals surface area contributed by atoms with E-state index in [1.54, 1.807) is 0 Å². The molecule has 0 spiro atoms. The Bertz CT molecular complexity index is 512. The van der Waals surface area contributed by atoms with E-state index in [0.29, 0.717) is 12.1 Å². The first-order valence-corrected chi connectivity index (χ1v) is 4.24. The largest absolute Gasteiger partial charge is 0.478 e. The van der Waals surface area contributed by atoms with Gasteiger partial charge in [0.1, 0.15) is 0 Å². The standard InChI is InChI=1S/C9H4F5NO3/c10-4-2-1-3(7(16)17)6(5(4)11)15-8(18)9(12,13)14/h1-2H,(H,15,18)(H,16,17). The Morgan fingerprint density at radius 3 is 2.17 bits per heavy atom. The van der Waals surface area contributed by atoms with Crippen LogP contribution < -0.4 is 5.32 Å². The van der Waals surface area contributed by atoms with Crippen molar-refractivity contribution in [1.82, 2.24) is 0 Å². The predicted molar refractivity (Wildman–Crippen MR) is 48.0 cm³/mol. The molecule has 0 saturated carbocycles. The third-order valence-electron chi connectivity index (χ3n) is 1.82. The molecular weight excluding hydrogens is 265 g/mol. The van der Waals surface area contributed by atoms with Crippen LogP contribution in [0.15, 0.2) is 12.1 Å². The van der Waals surface area contributed by atoms with Crippen molar-refractivity contribution in [3.8, 4) is 0 Å². The highest BCUT2D eigenvalue weighted by molar-refractivity contribution is 6.02. The number of carboxylic acid groups (broad SMARTS) is 1. The number of carboxylic acids is 1. The maximum absolute atomic E-state index is 13.2. The molecule has 0 saturated heterocycles. The summed E-state index contributed by atoms with van der Waals surface area (Å²) in [7, 11) is 0. The second-order valence-corrected chi connectivity index (χ2v) is 3.04. The van der Waals surface area contributed by atoms with Crippen LogP contribution in [0.5, 0.6) is 0 Å². The molecule has 9 heteroatoms. The molecule has 98 valence electrons. The number of rotatable bonds is 2. The van der Waals surface area contributed by atoms with Crippen LogP contribution in [0.25, 0.3) is 0 Å². The van der Waals surface area contributed by atoms with E-state index in [4.69, 9.17) is 5.11 Å². The summed E-state index contributed by atoms with van der Waals surface area (Å²) in [5.74, 6) is -7.88. The molecule has 1 aromatic carbocycles. The number of carbonyl (C=O) groups excluding carboxylic acids is 1. The first-order valence-electron chi connectivity index (χ1n) is 4.24. The monoisotopic (exact) mass is 269 g/mol.